The van der Waals surface area contributed by atoms with E-state index < -0.39 is 0 Å². The molecule has 4 heterocycles. The lowest BCUT2D eigenvalue weighted by Crippen LogP contribution is -2.03. The number of hydrogen-bond donors (Lipinski definition) is 1. The van der Waals surface area contributed by atoms with E-state index in [1.165, 1.54) is 0 Å². The smallest absolute Gasteiger partial charge is 0.134 e. The minimum absolute atomic E-state index is 0.640. The maximum absolute atomic E-state index is 4.71. The van der Waals surface area contributed by atoms with Gasteiger partial charge >= 0.3 is 0 Å². The van der Waals surface area contributed by atoms with Gasteiger partial charge in [-0.2, -0.15) is 0 Å². The summed E-state index contributed by atoms with van der Waals surface area (Å²) in [5.41, 5.74) is 7.18. The predicted molar refractivity (Wildman–Crippen MR) is 127 cm³/mol. The zero-order chi connectivity index (χ0) is 21.9. The fourth-order valence-electron chi connectivity index (χ4n) is 3.84. The first-order valence-corrected chi connectivity index (χ1v) is 10.4. The van der Waals surface area contributed by atoms with Gasteiger partial charge in [0.2, 0.25) is 0 Å². The molecule has 6 nitrogen and oxygen atoms in total. The van der Waals surface area contributed by atoms with Crippen LogP contribution in [0.2, 0.25) is 0 Å². The molecule has 32 heavy (non-hydrogen) atoms. The van der Waals surface area contributed by atoms with Crippen LogP contribution in [-0.4, -0.2) is 24.9 Å². The molecule has 156 valence electrons. The zero-order valence-corrected chi connectivity index (χ0v) is 17.9. The van der Waals surface area contributed by atoms with E-state index in [0.717, 1.165) is 55.9 Å². The summed E-state index contributed by atoms with van der Waals surface area (Å²) in [7, 11) is 0. The molecule has 0 unspecified atom stereocenters. The van der Waals surface area contributed by atoms with Crippen LogP contribution in [0.15, 0.2) is 79.6 Å². The first-order valence-electron chi connectivity index (χ1n) is 10.4. The van der Waals surface area contributed by atoms with Crippen LogP contribution >= 0.6 is 0 Å². The molecule has 0 bridgehead atoms. The van der Waals surface area contributed by atoms with Gasteiger partial charge in [-0.1, -0.05) is 12.1 Å². The van der Waals surface area contributed by atoms with Crippen molar-refractivity contribution in [2.24, 2.45) is 0 Å². The third kappa shape index (κ3) is 4.03. The first kappa shape index (κ1) is 19.8. The summed E-state index contributed by atoms with van der Waals surface area (Å²) in [6.07, 6.45) is 10.7. The highest BCUT2D eigenvalue weighted by Gasteiger charge is 2.08. The zero-order valence-electron chi connectivity index (χ0n) is 17.9. The number of anilines is 1. The summed E-state index contributed by atoms with van der Waals surface area (Å²) in [4.78, 5) is 22.1. The van der Waals surface area contributed by atoms with Crippen molar-refractivity contribution in [3.8, 4) is 22.5 Å². The number of aryl methyl sites for hydroxylation is 2. The van der Waals surface area contributed by atoms with Crippen molar-refractivity contribution >= 4 is 16.6 Å². The van der Waals surface area contributed by atoms with E-state index >= 15 is 0 Å². The number of benzene rings is 1. The standard InChI is InChI=1S/C26H22N6/c1-17-11-19(14-31-25(17)22-6-7-28-18(2)12-22)15-32-26-23-4-3-21(13-20(23)5-8-30-26)24-16-27-9-10-29-24/h3-14,16H,15H2,1-2H3,(H,30,32). The molecule has 0 saturated carbocycles. The van der Waals surface area contributed by atoms with E-state index in [0.29, 0.717) is 6.54 Å². The van der Waals surface area contributed by atoms with E-state index in [9.17, 15) is 0 Å². The second-order valence-electron chi connectivity index (χ2n) is 7.73. The Kier molecular flexibility index (Phi) is 5.25. The molecular formula is C26H22N6. The molecule has 1 aromatic carbocycles. The first-order chi connectivity index (χ1) is 15.7. The Balaban J connectivity index is 1.38. The van der Waals surface area contributed by atoms with E-state index in [2.05, 4.69) is 62.5 Å². The summed E-state index contributed by atoms with van der Waals surface area (Å²) < 4.78 is 0. The van der Waals surface area contributed by atoms with Crippen LogP contribution in [-0.2, 0) is 6.54 Å². The second kappa shape index (κ2) is 8.51. The average molecular weight is 419 g/mol. The number of aromatic nitrogens is 5. The molecule has 0 aliphatic rings. The van der Waals surface area contributed by atoms with Crippen molar-refractivity contribution < 1.29 is 0 Å². The third-order valence-corrected chi connectivity index (χ3v) is 5.39. The van der Waals surface area contributed by atoms with Gasteiger partial charge in [0.25, 0.3) is 0 Å². The summed E-state index contributed by atoms with van der Waals surface area (Å²) in [5.74, 6) is 0.847. The molecule has 5 rings (SSSR count). The van der Waals surface area contributed by atoms with Crippen molar-refractivity contribution in [3.63, 3.8) is 0 Å². The highest BCUT2D eigenvalue weighted by atomic mass is 15.0. The van der Waals surface area contributed by atoms with Crippen LogP contribution < -0.4 is 5.32 Å². The lowest BCUT2D eigenvalue weighted by molar-refractivity contribution is 1.08. The number of fused-ring (bicyclic) bond motifs is 1. The Morgan fingerprint density at radius 3 is 2.47 bits per heavy atom. The fourth-order valence-corrected chi connectivity index (χ4v) is 3.84. The van der Waals surface area contributed by atoms with Crippen molar-refractivity contribution in [3.05, 3.63) is 96.5 Å². The average Bonchev–Trinajstić information content (AvgIpc) is 2.83. The maximum Gasteiger partial charge on any atom is 0.134 e. The van der Waals surface area contributed by atoms with E-state index in [-0.39, 0.29) is 0 Å². The third-order valence-electron chi connectivity index (χ3n) is 5.39. The molecule has 0 aliphatic carbocycles. The highest BCUT2D eigenvalue weighted by molar-refractivity contribution is 5.94. The summed E-state index contributed by atoms with van der Waals surface area (Å²) >= 11 is 0. The van der Waals surface area contributed by atoms with Crippen LogP contribution in [0.3, 0.4) is 0 Å². The Hall–Kier alpha value is -4.19. The van der Waals surface area contributed by atoms with Gasteiger partial charge in [-0.05, 0) is 60.7 Å². The monoisotopic (exact) mass is 418 g/mol. The van der Waals surface area contributed by atoms with Gasteiger partial charge in [-0.25, -0.2) is 4.98 Å². The SMILES string of the molecule is Cc1cc(-c2ncc(CNc3nccc4cc(-c5cnccn5)ccc34)cc2C)ccn1. The second-order valence-corrected chi connectivity index (χ2v) is 7.73. The van der Waals surface area contributed by atoms with Gasteiger partial charge in [0.1, 0.15) is 5.82 Å². The molecule has 0 spiro atoms. The molecule has 1 N–H and O–H groups in total. The predicted octanol–water partition coefficient (Wildman–Crippen LogP) is 5.38. The van der Waals surface area contributed by atoms with Gasteiger partial charge in [-0.3, -0.25) is 19.9 Å². The van der Waals surface area contributed by atoms with Gasteiger partial charge in [0.05, 0.1) is 17.6 Å². The van der Waals surface area contributed by atoms with Gasteiger partial charge < -0.3 is 5.32 Å². The van der Waals surface area contributed by atoms with Gasteiger partial charge in [-0.15, -0.1) is 0 Å². The largest absolute Gasteiger partial charge is 0.365 e. The van der Waals surface area contributed by atoms with Gasteiger partial charge in [0.15, 0.2) is 0 Å². The minimum atomic E-state index is 0.640. The van der Waals surface area contributed by atoms with Crippen LogP contribution in [0.5, 0.6) is 0 Å². The molecule has 0 saturated heterocycles. The van der Waals surface area contributed by atoms with E-state index in [4.69, 9.17) is 4.98 Å². The maximum atomic E-state index is 4.71. The minimum Gasteiger partial charge on any atom is -0.365 e. The van der Waals surface area contributed by atoms with Crippen molar-refractivity contribution in [1.82, 2.24) is 24.9 Å². The molecule has 0 amide bonds. The van der Waals surface area contributed by atoms with Crippen LogP contribution in [0.4, 0.5) is 5.82 Å². The van der Waals surface area contributed by atoms with Crippen LogP contribution in [0, 0.1) is 13.8 Å². The Bertz CT molecular complexity index is 1400. The van der Waals surface area contributed by atoms with E-state index in [1.54, 1.807) is 18.6 Å². The molecule has 0 radical (unpaired) electrons. The van der Waals surface area contributed by atoms with E-state index in [1.807, 2.05) is 37.6 Å². The van der Waals surface area contributed by atoms with Crippen LogP contribution in [0.25, 0.3) is 33.3 Å². The Labute approximate surface area is 186 Å². The van der Waals surface area contributed by atoms with Crippen LogP contribution in [0.1, 0.15) is 16.8 Å². The molecule has 5 aromatic rings. The molecule has 0 fully saturated rings. The lowest BCUT2D eigenvalue weighted by atomic mass is 10.1. The number of nitrogens with zero attached hydrogens (tertiary/aromatic N) is 5. The number of nitrogens with one attached hydrogen (secondary N) is 1. The van der Waals surface area contributed by atoms with Crippen molar-refractivity contribution in [1.29, 1.82) is 0 Å². The molecule has 4 aromatic heterocycles. The quantitative estimate of drug-likeness (QED) is 0.413. The fraction of sp³-hybridized carbons (Fsp3) is 0.115. The highest BCUT2D eigenvalue weighted by Crippen LogP contribution is 2.27. The Morgan fingerprint density at radius 1 is 0.750 bits per heavy atom. The lowest BCUT2D eigenvalue weighted by Gasteiger charge is -2.12. The summed E-state index contributed by atoms with van der Waals surface area (Å²) in [6.45, 7) is 4.72. The number of pyridine rings is 3. The topological polar surface area (TPSA) is 76.5 Å². The van der Waals surface area contributed by atoms with Crippen molar-refractivity contribution in [2.75, 3.05) is 5.32 Å². The van der Waals surface area contributed by atoms with Gasteiger partial charge in [0, 0.05) is 59.7 Å². The molecule has 0 atom stereocenters. The Morgan fingerprint density at radius 2 is 1.66 bits per heavy atom. The number of rotatable bonds is 5. The summed E-state index contributed by atoms with van der Waals surface area (Å²) in [5, 5.41) is 5.63. The molecule has 6 heteroatoms. The molecule has 0 aliphatic heterocycles. The normalized spacial score (nSPS) is 10.9. The number of hydrogen-bond acceptors (Lipinski definition) is 6. The van der Waals surface area contributed by atoms with Crippen molar-refractivity contribution in [2.45, 2.75) is 20.4 Å². The molecular weight excluding hydrogens is 396 g/mol. The summed E-state index contributed by atoms with van der Waals surface area (Å²) in [6, 6.07) is 14.5.